The second kappa shape index (κ2) is 8.60. The molecule has 0 aromatic heterocycles. The number of benzene rings is 2. The van der Waals surface area contributed by atoms with E-state index in [0.29, 0.717) is 44.8 Å². The van der Waals surface area contributed by atoms with Crippen molar-refractivity contribution >= 4 is 22.0 Å². The zero-order chi connectivity index (χ0) is 18.5. The van der Waals surface area contributed by atoms with Crippen LogP contribution in [0.25, 0.3) is 0 Å². The number of rotatable bonds is 4. The van der Waals surface area contributed by atoms with Gasteiger partial charge in [-0.05, 0) is 35.4 Å². The van der Waals surface area contributed by atoms with E-state index < -0.39 is 11.6 Å². The van der Waals surface area contributed by atoms with Crippen LogP contribution in [0.5, 0.6) is 0 Å². The van der Waals surface area contributed by atoms with Gasteiger partial charge in [0.1, 0.15) is 11.6 Å². The van der Waals surface area contributed by atoms with Crippen LogP contribution >= 0.6 is 15.9 Å². The quantitative estimate of drug-likeness (QED) is 0.812. The number of carbonyl (C=O) groups is 1. The Morgan fingerprint density at radius 1 is 0.962 bits per heavy atom. The summed E-state index contributed by atoms with van der Waals surface area (Å²) in [5, 5.41) is 2.92. The van der Waals surface area contributed by atoms with E-state index in [2.05, 4.69) is 26.1 Å². The molecule has 2 aromatic rings. The highest BCUT2D eigenvalue weighted by Crippen LogP contribution is 2.13. The molecule has 138 valence electrons. The van der Waals surface area contributed by atoms with E-state index in [1.54, 1.807) is 4.90 Å². The fraction of sp³-hybridized carbons (Fsp3) is 0.316. The molecule has 1 saturated heterocycles. The van der Waals surface area contributed by atoms with E-state index >= 15 is 0 Å². The molecular formula is C19H20BrF2N3O. The third-order valence-corrected chi connectivity index (χ3v) is 4.87. The highest BCUT2D eigenvalue weighted by Gasteiger charge is 2.21. The molecule has 2 aromatic carbocycles. The number of hydrogen-bond acceptors (Lipinski definition) is 2. The van der Waals surface area contributed by atoms with Gasteiger partial charge in [0.05, 0.1) is 0 Å². The Balaban J connectivity index is 1.45. The lowest BCUT2D eigenvalue weighted by Gasteiger charge is -2.34. The maximum absolute atomic E-state index is 13.3. The van der Waals surface area contributed by atoms with Crippen LogP contribution in [0.15, 0.2) is 46.9 Å². The zero-order valence-electron chi connectivity index (χ0n) is 14.2. The lowest BCUT2D eigenvalue weighted by molar-refractivity contribution is 0.135. The lowest BCUT2D eigenvalue weighted by atomic mass is 10.2. The highest BCUT2D eigenvalue weighted by molar-refractivity contribution is 9.10. The van der Waals surface area contributed by atoms with Crippen LogP contribution in [0.1, 0.15) is 11.1 Å². The summed E-state index contributed by atoms with van der Waals surface area (Å²) in [5.41, 5.74) is 1.64. The molecule has 0 unspecified atom stereocenters. The molecule has 26 heavy (non-hydrogen) atoms. The second-order valence-electron chi connectivity index (χ2n) is 6.33. The molecule has 1 fully saturated rings. The molecule has 4 nitrogen and oxygen atoms in total. The third-order valence-electron chi connectivity index (χ3n) is 4.35. The zero-order valence-corrected chi connectivity index (χ0v) is 15.8. The van der Waals surface area contributed by atoms with Gasteiger partial charge in [-0.3, -0.25) is 4.90 Å². The van der Waals surface area contributed by atoms with E-state index in [9.17, 15) is 13.6 Å². The van der Waals surface area contributed by atoms with Crippen molar-refractivity contribution in [1.29, 1.82) is 0 Å². The molecule has 0 atom stereocenters. The van der Waals surface area contributed by atoms with Gasteiger partial charge in [-0.2, -0.15) is 0 Å². The van der Waals surface area contributed by atoms with Crippen LogP contribution in [0.3, 0.4) is 0 Å². The number of hydrogen-bond donors (Lipinski definition) is 1. The number of halogens is 3. The Morgan fingerprint density at radius 2 is 1.58 bits per heavy atom. The highest BCUT2D eigenvalue weighted by atomic mass is 79.9. The normalized spacial score (nSPS) is 15.1. The van der Waals surface area contributed by atoms with Gasteiger partial charge in [0.2, 0.25) is 0 Å². The van der Waals surface area contributed by atoms with Gasteiger partial charge in [0.15, 0.2) is 0 Å². The van der Waals surface area contributed by atoms with Crippen molar-refractivity contribution in [2.24, 2.45) is 0 Å². The summed E-state index contributed by atoms with van der Waals surface area (Å²) in [4.78, 5) is 16.1. The van der Waals surface area contributed by atoms with Crippen LogP contribution in [0, 0.1) is 11.6 Å². The van der Waals surface area contributed by atoms with E-state index in [0.717, 1.165) is 16.1 Å². The predicted molar refractivity (Wildman–Crippen MR) is 99.6 cm³/mol. The fourth-order valence-electron chi connectivity index (χ4n) is 2.96. The van der Waals surface area contributed by atoms with Crippen molar-refractivity contribution in [2.75, 3.05) is 26.2 Å². The van der Waals surface area contributed by atoms with Gasteiger partial charge < -0.3 is 10.2 Å². The monoisotopic (exact) mass is 423 g/mol. The van der Waals surface area contributed by atoms with Crippen LogP contribution in [-0.4, -0.2) is 42.0 Å². The lowest BCUT2D eigenvalue weighted by Crippen LogP contribution is -2.51. The molecule has 0 bridgehead atoms. The molecule has 1 heterocycles. The first-order valence-corrected chi connectivity index (χ1v) is 9.23. The van der Waals surface area contributed by atoms with E-state index in [1.165, 1.54) is 12.1 Å². The summed E-state index contributed by atoms with van der Waals surface area (Å²) in [6, 6.07) is 11.3. The van der Waals surface area contributed by atoms with E-state index in [4.69, 9.17) is 0 Å². The van der Waals surface area contributed by atoms with Gasteiger partial charge in [0.25, 0.3) is 0 Å². The molecule has 1 aliphatic rings. The molecule has 0 aliphatic carbocycles. The Kier molecular flexibility index (Phi) is 6.21. The van der Waals surface area contributed by atoms with Gasteiger partial charge in [-0.25, -0.2) is 13.6 Å². The van der Waals surface area contributed by atoms with Crippen LogP contribution < -0.4 is 5.32 Å². The summed E-state index contributed by atoms with van der Waals surface area (Å²) < 4.78 is 27.6. The number of nitrogens with one attached hydrogen (secondary N) is 1. The summed E-state index contributed by atoms with van der Waals surface area (Å²) in [6.45, 7) is 3.47. The van der Waals surface area contributed by atoms with Crippen LogP contribution in [0.2, 0.25) is 0 Å². The standard InChI is InChI=1S/C19H20BrF2N3O/c20-16-3-1-14(2-4-16)12-23-19(26)25-7-5-24(6-8-25)13-15-9-17(21)11-18(22)10-15/h1-4,9-11H,5-8,12-13H2,(H,23,26). The molecule has 1 N–H and O–H groups in total. The van der Waals surface area contributed by atoms with Crippen molar-refractivity contribution in [2.45, 2.75) is 13.1 Å². The molecule has 1 aliphatic heterocycles. The Morgan fingerprint density at radius 3 is 2.19 bits per heavy atom. The third kappa shape index (κ3) is 5.25. The number of nitrogens with zero attached hydrogens (tertiary/aromatic N) is 2. The predicted octanol–water partition coefficient (Wildman–Crippen LogP) is 3.75. The summed E-state index contributed by atoms with van der Waals surface area (Å²) in [5.74, 6) is -1.13. The van der Waals surface area contributed by atoms with Crippen molar-refractivity contribution in [3.05, 3.63) is 69.7 Å². The number of urea groups is 1. The number of carbonyl (C=O) groups excluding carboxylic acids is 1. The molecular weight excluding hydrogens is 404 g/mol. The smallest absolute Gasteiger partial charge is 0.317 e. The Hall–Kier alpha value is -1.99. The largest absolute Gasteiger partial charge is 0.334 e. The molecule has 2 amide bonds. The van der Waals surface area contributed by atoms with Gasteiger partial charge in [0, 0.05) is 49.8 Å². The average Bonchev–Trinajstić information content (AvgIpc) is 2.61. The maximum Gasteiger partial charge on any atom is 0.317 e. The van der Waals surface area contributed by atoms with E-state index in [-0.39, 0.29) is 6.03 Å². The Bertz CT molecular complexity index is 742. The van der Waals surface area contributed by atoms with Crippen molar-refractivity contribution in [3.63, 3.8) is 0 Å². The maximum atomic E-state index is 13.3. The van der Waals surface area contributed by atoms with Crippen molar-refractivity contribution in [3.8, 4) is 0 Å². The number of piperazine rings is 1. The first kappa shape index (κ1) is 18.8. The fourth-order valence-corrected chi connectivity index (χ4v) is 3.23. The minimum absolute atomic E-state index is 0.0932. The molecule has 0 spiro atoms. The first-order valence-electron chi connectivity index (χ1n) is 8.44. The first-order chi connectivity index (χ1) is 12.5. The molecule has 0 saturated carbocycles. The van der Waals surface area contributed by atoms with Crippen LogP contribution in [-0.2, 0) is 13.1 Å². The van der Waals surface area contributed by atoms with Gasteiger partial charge >= 0.3 is 6.03 Å². The Labute approximate surface area is 159 Å². The summed E-state index contributed by atoms with van der Waals surface area (Å²) in [7, 11) is 0. The molecule has 3 rings (SSSR count). The second-order valence-corrected chi connectivity index (χ2v) is 7.24. The average molecular weight is 424 g/mol. The summed E-state index contributed by atoms with van der Waals surface area (Å²) >= 11 is 3.38. The van der Waals surface area contributed by atoms with Crippen molar-refractivity contribution in [1.82, 2.24) is 15.1 Å². The van der Waals surface area contributed by atoms with Gasteiger partial charge in [-0.1, -0.05) is 28.1 Å². The molecule has 0 radical (unpaired) electrons. The van der Waals surface area contributed by atoms with Crippen LogP contribution in [0.4, 0.5) is 13.6 Å². The van der Waals surface area contributed by atoms with E-state index in [1.807, 2.05) is 24.3 Å². The summed E-state index contributed by atoms with van der Waals surface area (Å²) in [6.07, 6.45) is 0. The minimum atomic E-state index is -0.564. The topological polar surface area (TPSA) is 35.6 Å². The minimum Gasteiger partial charge on any atom is -0.334 e. The SMILES string of the molecule is O=C(NCc1ccc(Br)cc1)N1CCN(Cc2cc(F)cc(F)c2)CC1. The number of amides is 2. The van der Waals surface area contributed by atoms with Gasteiger partial charge in [-0.15, -0.1) is 0 Å². The molecule has 7 heteroatoms. The van der Waals surface area contributed by atoms with Crippen molar-refractivity contribution < 1.29 is 13.6 Å².